The van der Waals surface area contributed by atoms with E-state index in [0.29, 0.717) is 18.4 Å². The van der Waals surface area contributed by atoms with Crippen molar-refractivity contribution in [2.24, 2.45) is 11.1 Å². The summed E-state index contributed by atoms with van der Waals surface area (Å²) in [6, 6.07) is 18.2. The highest BCUT2D eigenvalue weighted by molar-refractivity contribution is 5.98. The number of para-hydroxylation sites is 1. The van der Waals surface area contributed by atoms with Gasteiger partial charge in [0.25, 0.3) is 0 Å². The van der Waals surface area contributed by atoms with E-state index in [1.807, 2.05) is 37.3 Å². The number of aliphatic hydroxyl groups is 1. The van der Waals surface area contributed by atoms with Crippen LogP contribution < -0.4 is 4.84 Å². The third kappa shape index (κ3) is 3.99. The lowest BCUT2D eigenvalue weighted by Crippen LogP contribution is -2.01. The molecule has 23 heavy (non-hydrogen) atoms. The Kier molecular flexibility index (Phi) is 5.09. The predicted molar refractivity (Wildman–Crippen MR) is 92.9 cm³/mol. The maximum Gasteiger partial charge on any atom is 0.157 e. The van der Waals surface area contributed by atoms with Gasteiger partial charge in [-0.1, -0.05) is 47.6 Å². The molecular formula is C20H23NO2. The smallest absolute Gasteiger partial charge is 0.157 e. The maximum atomic E-state index is 9.27. The topological polar surface area (TPSA) is 41.8 Å². The van der Waals surface area contributed by atoms with Crippen molar-refractivity contribution in [2.75, 3.05) is 6.61 Å². The molecule has 3 rings (SSSR count). The first-order valence-corrected chi connectivity index (χ1v) is 8.24. The molecule has 0 radical (unpaired) electrons. The molecular weight excluding hydrogens is 286 g/mol. The molecule has 120 valence electrons. The van der Waals surface area contributed by atoms with Gasteiger partial charge in [-0.15, -0.1) is 0 Å². The van der Waals surface area contributed by atoms with Gasteiger partial charge in [0.2, 0.25) is 0 Å². The summed E-state index contributed by atoms with van der Waals surface area (Å²) in [4.78, 5) is 5.44. The Morgan fingerprint density at radius 3 is 2.48 bits per heavy atom. The monoisotopic (exact) mass is 309 g/mol. The normalized spacial score (nSPS) is 21.4. The van der Waals surface area contributed by atoms with Gasteiger partial charge in [-0.3, -0.25) is 0 Å². The standard InChI is InChI=1S/C20H23NO2/c1-15(21-23-20-5-3-2-4-6-20)17-9-11-18(12-10-17)19-8-7-16(13-19)14-22/h2-6,9-12,16,19,22H,7-8,13-14H2,1H3/b21-15+/t16-,19+/m0/s1. The molecule has 0 amide bonds. The first kappa shape index (κ1) is 15.8. The molecule has 3 heteroatoms. The SMILES string of the molecule is C/C(=N\Oc1ccccc1)c1ccc([C@@H]2CC[C@H](CO)C2)cc1. The van der Waals surface area contributed by atoms with E-state index in [9.17, 15) is 5.11 Å². The molecule has 0 heterocycles. The van der Waals surface area contributed by atoms with Crippen LogP contribution >= 0.6 is 0 Å². The van der Waals surface area contributed by atoms with Crippen LogP contribution in [0.2, 0.25) is 0 Å². The van der Waals surface area contributed by atoms with Gasteiger partial charge in [-0.25, -0.2) is 0 Å². The van der Waals surface area contributed by atoms with E-state index in [4.69, 9.17) is 4.84 Å². The molecule has 0 bridgehead atoms. The second-order valence-electron chi connectivity index (χ2n) is 6.26. The first-order chi connectivity index (χ1) is 11.3. The summed E-state index contributed by atoms with van der Waals surface area (Å²) in [5, 5.41) is 13.5. The van der Waals surface area contributed by atoms with Crippen LogP contribution in [0.3, 0.4) is 0 Å². The van der Waals surface area contributed by atoms with E-state index in [0.717, 1.165) is 29.9 Å². The fraction of sp³-hybridized carbons (Fsp3) is 0.350. The van der Waals surface area contributed by atoms with E-state index in [1.165, 1.54) is 12.0 Å². The zero-order valence-corrected chi connectivity index (χ0v) is 13.5. The number of oxime groups is 1. The van der Waals surface area contributed by atoms with Crippen LogP contribution in [0.25, 0.3) is 0 Å². The quantitative estimate of drug-likeness (QED) is 0.658. The molecule has 1 fully saturated rings. The molecule has 2 atom stereocenters. The summed E-state index contributed by atoms with van der Waals surface area (Å²) in [5.74, 6) is 1.80. The fourth-order valence-electron chi connectivity index (χ4n) is 3.20. The molecule has 3 nitrogen and oxygen atoms in total. The maximum absolute atomic E-state index is 9.27. The van der Waals surface area contributed by atoms with Gasteiger partial charge in [0.1, 0.15) is 0 Å². The second kappa shape index (κ2) is 7.42. The van der Waals surface area contributed by atoms with Crippen molar-refractivity contribution in [3.8, 4) is 5.75 Å². The highest BCUT2D eigenvalue weighted by Gasteiger charge is 2.25. The highest BCUT2D eigenvalue weighted by Crippen LogP contribution is 2.37. The summed E-state index contributed by atoms with van der Waals surface area (Å²) in [5.41, 5.74) is 3.29. The number of nitrogens with zero attached hydrogens (tertiary/aromatic N) is 1. The molecule has 1 N–H and O–H groups in total. The molecule has 1 aliphatic carbocycles. The Morgan fingerprint density at radius 2 is 1.83 bits per heavy atom. The molecule has 0 spiro atoms. The molecule has 0 unspecified atom stereocenters. The van der Waals surface area contributed by atoms with E-state index in [1.54, 1.807) is 0 Å². The lowest BCUT2D eigenvalue weighted by Gasteiger charge is -2.11. The Hall–Kier alpha value is -2.13. The van der Waals surface area contributed by atoms with Crippen molar-refractivity contribution < 1.29 is 9.94 Å². The van der Waals surface area contributed by atoms with Crippen LogP contribution in [0.15, 0.2) is 59.8 Å². The summed E-state index contributed by atoms with van der Waals surface area (Å²) in [6.45, 7) is 2.27. The van der Waals surface area contributed by atoms with Gasteiger partial charge in [-0.05, 0) is 61.3 Å². The van der Waals surface area contributed by atoms with E-state index in [-0.39, 0.29) is 0 Å². The molecule has 2 aromatic carbocycles. The summed E-state index contributed by atoms with van der Waals surface area (Å²) in [6.07, 6.45) is 3.41. The fourth-order valence-corrected chi connectivity index (χ4v) is 3.20. The van der Waals surface area contributed by atoms with E-state index < -0.39 is 0 Å². The van der Waals surface area contributed by atoms with E-state index in [2.05, 4.69) is 29.4 Å². The Morgan fingerprint density at radius 1 is 1.09 bits per heavy atom. The van der Waals surface area contributed by atoms with Crippen LogP contribution in [0.1, 0.15) is 43.2 Å². The Bertz CT molecular complexity index is 649. The lowest BCUT2D eigenvalue weighted by molar-refractivity contribution is 0.229. The minimum Gasteiger partial charge on any atom is -0.396 e. The lowest BCUT2D eigenvalue weighted by atomic mass is 9.95. The third-order valence-electron chi connectivity index (χ3n) is 4.63. The van der Waals surface area contributed by atoms with Crippen molar-refractivity contribution in [1.82, 2.24) is 0 Å². The molecule has 0 aromatic heterocycles. The third-order valence-corrected chi connectivity index (χ3v) is 4.63. The van der Waals surface area contributed by atoms with Crippen LogP contribution in [0.5, 0.6) is 5.75 Å². The molecule has 0 aliphatic heterocycles. The van der Waals surface area contributed by atoms with Crippen LogP contribution in [-0.2, 0) is 0 Å². The number of benzene rings is 2. The minimum absolute atomic E-state index is 0.317. The molecule has 1 saturated carbocycles. The van der Waals surface area contributed by atoms with Crippen molar-refractivity contribution in [1.29, 1.82) is 0 Å². The van der Waals surface area contributed by atoms with Gasteiger partial charge in [0, 0.05) is 6.61 Å². The second-order valence-corrected chi connectivity index (χ2v) is 6.26. The molecule has 0 saturated heterocycles. The average Bonchev–Trinajstić information content (AvgIpc) is 3.10. The molecule has 1 aliphatic rings. The largest absolute Gasteiger partial charge is 0.396 e. The van der Waals surface area contributed by atoms with Gasteiger partial charge in [-0.2, -0.15) is 0 Å². The number of hydrogen-bond donors (Lipinski definition) is 1. The molecule has 2 aromatic rings. The predicted octanol–water partition coefficient (Wildman–Crippen LogP) is 4.37. The first-order valence-electron chi connectivity index (χ1n) is 8.24. The highest BCUT2D eigenvalue weighted by atomic mass is 16.6. The van der Waals surface area contributed by atoms with E-state index >= 15 is 0 Å². The summed E-state index contributed by atoms with van der Waals surface area (Å²) < 4.78 is 0. The van der Waals surface area contributed by atoms with Crippen molar-refractivity contribution in [3.05, 3.63) is 65.7 Å². The van der Waals surface area contributed by atoms with Crippen LogP contribution in [0, 0.1) is 5.92 Å². The van der Waals surface area contributed by atoms with Gasteiger partial charge in [0.05, 0.1) is 5.71 Å². The van der Waals surface area contributed by atoms with Crippen molar-refractivity contribution >= 4 is 5.71 Å². The van der Waals surface area contributed by atoms with Crippen LogP contribution in [0.4, 0.5) is 0 Å². The van der Waals surface area contributed by atoms with Gasteiger partial charge >= 0.3 is 0 Å². The Labute approximate surface area is 137 Å². The Balaban J connectivity index is 1.64. The zero-order chi connectivity index (χ0) is 16.1. The summed E-state index contributed by atoms with van der Waals surface area (Å²) in [7, 11) is 0. The van der Waals surface area contributed by atoms with Crippen LogP contribution in [-0.4, -0.2) is 17.4 Å². The zero-order valence-electron chi connectivity index (χ0n) is 13.5. The number of aliphatic hydroxyl groups excluding tert-OH is 1. The number of hydrogen-bond acceptors (Lipinski definition) is 3. The minimum atomic E-state index is 0.317. The van der Waals surface area contributed by atoms with Crippen molar-refractivity contribution in [2.45, 2.75) is 32.1 Å². The van der Waals surface area contributed by atoms with Crippen molar-refractivity contribution in [3.63, 3.8) is 0 Å². The van der Waals surface area contributed by atoms with Gasteiger partial charge in [0.15, 0.2) is 5.75 Å². The number of rotatable bonds is 5. The average molecular weight is 309 g/mol. The van der Waals surface area contributed by atoms with Gasteiger partial charge < -0.3 is 9.94 Å². The summed E-state index contributed by atoms with van der Waals surface area (Å²) >= 11 is 0.